The Bertz CT molecular complexity index is 1530. The van der Waals surface area contributed by atoms with Crippen molar-refractivity contribution in [3.05, 3.63) is 66.5 Å². The van der Waals surface area contributed by atoms with Crippen LogP contribution in [-0.4, -0.2) is 56.6 Å². The number of para-hydroxylation sites is 2. The second-order valence-corrected chi connectivity index (χ2v) is 11.7. The van der Waals surface area contributed by atoms with Crippen molar-refractivity contribution in [3.8, 4) is 17.2 Å². The number of hydrogen-bond donors (Lipinski definition) is 2. The molecule has 0 radical (unpaired) electrons. The third kappa shape index (κ3) is 5.47. The Kier molecular flexibility index (Phi) is 7.18. The first-order valence-electron chi connectivity index (χ1n) is 13.5. The molecule has 3 heterocycles. The van der Waals surface area contributed by atoms with Crippen LogP contribution in [0.3, 0.4) is 0 Å². The van der Waals surface area contributed by atoms with E-state index in [9.17, 15) is 4.79 Å². The van der Waals surface area contributed by atoms with E-state index < -0.39 is 0 Å². The van der Waals surface area contributed by atoms with E-state index >= 15 is 0 Å². The number of piperidine rings is 1. The number of ether oxygens (including phenoxy) is 2. The van der Waals surface area contributed by atoms with Crippen molar-refractivity contribution in [1.82, 2.24) is 24.8 Å². The van der Waals surface area contributed by atoms with Crippen LogP contribution >= 0.6 is 0 Å². The molecule has 4 aromatic rings. The summed E-state index contributed by atoms with van der Waals surface area (Å²) in [5.41, 5.74) is 2.83. The molecule has 0 bridgehead atoms. The third-order valence-electron chi connectivity index (χ3n) is 8.05. The van der Waals surface area contributed by atoms with Crippen molar-refractivity contribution in [2.45, 2.75) is 57.7 Å². The Morgan fingerprint density at radius 2 is 1.68 bits per heavy atom. The van der Waals surface area contributed by atoms with Gasteiger partial charge in [-0.05, 0) is 77.9 Å². The maximum Gasteiger partial charge on any atom is 0.270 e. The van der Waals surface area contributed by atoms with E-state index in [1.807, 2.05) is 54.1 Å². The second-order valence-electron chi connectivity index (χ2n) is 11.7. The molecule has 9 nitrogen and oxygen atoms in total. The highest BCUT2D eigenvalue weighted by atomic mass is 16.5. The number of benzene rings is 2. The van der Waals surface area contributed by atoms with Crippen LogP contribution in [0.5, 0.6) is 17.2 Å². The van der Waals surface area contributed by atoms with Crippen LogP contribution in [0, 0.1) is 0 Å². The van der Waals surface area contributed by atoms with Crippen LogP contribution in [-0.2, 0) is 7.05 Å². The summed E-state index contributed by atoms with van der Waals surface area (Å²) in [6.45, 7) is 8.87. The van der Waals surface area contributed by atoms with Gasteiger partial charge >= 0.3 is 0 Å². The van der Waals surface area contributed by atoms with Crippen molar-refractivity contribution in [1.29, 1.82) is 0 Å². The lowest BCUT2D eigenvalue weighted by molar-refractivity contribution is -0.0169. The summed E-state index contributed by atoms with van der Waals surface area (Å²) >= 11 is 0. The standard InChI is InChI=1S/C31H38N6O3/c1-30(2)18-20(19-31(3,4)37(30)6)33-28(38)25-17-22(14-15-32-25)40-21-12-13-26-24(16-21)35-29(36(26)5)34-23-10-8-9-11-27(23)39-7/h8-17,20H,18-19H2,1-7H3,(H,33,38)(H,34,35). The van der Waals surface area contributed by atoms with Crippen LogP contribution in [0.15, 0.2) is 60.8 Å². The van der Waals surface area contributed by atoms with Gasteiger partial charge in [0.05, 0.1) is 23.8 Å². The maximum absolute atomic E-state index is 13.2. The minimum Gasteiger partial charge on any atom is -0.495 e. The molecule has 2 aromatic carbocycles. The summed E-state index contributed by atoms with van der Waals surface area (Å²) in [5.74, 6) is 2.37. The SMILES string of the molecule is COc1ccccc1Nc1nc2cc(Oc3ccnc(C(=O)NC4CC(C)(C)N(C)C(C)(C)C4)c3)ccc2n1C. The molecule has 0 atom stereocenters. The van der Waals surface area contributed by atoms with E-state index in [0.717, 1.165) is 35.3 Å². The molecule has 1 fully saturated rings. The van der Waals surface area contributed by atoms with Gasteiger partial charge in [-0.25, -0.2) is 4.98 Å². The summed E-state index contributed by atoms with van der Waals surface area (Å²) < 4.78 is 13.6. The van der Waals surface area contributed by atoms with E-state index in [-0.39, 0.29) is 23.0 Å². The number of nitrogens with zero attached hydrogens (tertiary/aromatic N) is 4. The molecule has 5 rings (SSSR count). The highest BCUT2D eigenvalue weighted by Gasteiger charge is 2.43. The summed E-state index contributed by atoms with van der Waals surface area (Å²) in [6, 6.07) is 16.9. The number of carbonyl (C=O) groups excluding carboxylic acids is 1. The predicted octanol–water partition coefficient (Wildman–Crippen LogP) is 5.89. The number of carbonyl (C=O) groups is 1. The lowest BCUT2D eigenvalue weighted by Gasteiger charge is -2.53. The summed E-state index contributed by atoms with van der Waals surface area (Å²) in [5, 5.41) is 6.55. The lowest BCUT2D eigenvalue weighted by atomic mass is 9.77. The first-order chi connectivity index (χ1) is 19.0. The minimum atomic E-state index is -0.196. The Balaban J connectivity index is 1.31. The molecule has 210 valence electrons. The van der Waals surface area contributed by atoms with Crippen molar-refractivity contribution >= 4 is 28.6 Å². The normalized spacial score (nSPS) is 17.0. The van der Waals surface area contributed by atoms with Gasteiger partial charge in [0.25, 0.3) is 5.91 Å². The van der Waals surface area contributed by atoms with Crippen molar-refractivity contribution in [2.75, 3.05) is 19.5 Å². The van der Waals surface area contributed by atoms with Gasteiger partial charge < -0.3 is 24.7 Å². The van der Waals surface area contributed by atoms with E-state index in [1.54, 1.807) is 25.4 Å². The fourth-order valence-corrected chi connectivity index (χ4v) is 5.69. The fourth-order valence-electron chi connectivity index (χ4n) is 5.69. The number of likely N-dealkylation sites (tertiary alicyclic amines) is 1. The van der Waals surface area contributed by atoms with Gasteiger partial charge in [-0.2, -0.15) is 0 Å². The molecule has 1 aliphatic heterocycles. The Morgan fingerprint density at radius 1 is 0.975 bits per heavy atom. The van der Waals surface area contributed by atoms with E-state index in [0.29, 0.717) is 23.1 Å². The van der Waals surface area contributed by atoms with Gasteiger partial charge in [-0.3, -0.25) is 14.7 Å². The molecule has 9 heteroatoms. The molecular weight excluding hydrogens is 504 g/mol. The van der Waals surface area contributed by atoms with Gasteiger partial charge in [0.1, 0.15) is 22.9 Å². The van der Waals surface area contributed by atoms with E-state index in [1.165, 1.54) is 0 Å². The minimum absolute atomic E-state index is 0.0231. The third-order valence-corrected chi connectivity index (χ3v) is 8.05. The number of fused-ring (bicyclic) bond motifs is 1. The van der Waals surface area contributed by atoms with Crippen molar-refractivity contribution in [2.24, 2.45) is 7.05 Å². The Morgan fingerprint density at radius 3 is 2.40 bits per heavy atom. The number of methoxy groups -OCH3 is 1. The number of anilines is 2. The topological polar surface area (TPSA) is 93.5 Å². The van der Waals surface area contributed by atoms with E-state index in [2.05, 4.69) is 55.3 Å². The number of hydrogen-bond acceptors (Lipinski definition) is 7. The Labute approximate surface area is 235 Å². The highest BCUT2D eigenvalue weighted by molar-refractivity contribution is 5.92. The van der Waals surface area contributed by atoms with Gasteiger partial charge in [0.2, 0.25) is 5.95 Å². The zero-order chi connectivity index (χ0) is 28.7. The summed E-state index contributed by atoms with van der Waals surface area (Å²) in [6.07, 6.45) is 3.33. The quantitative estimate of drug-likeness (QED) is 0.301. The smallest absolute Gasteiger partial charge is 0.270 e. The molecule has 1 amide bonds. The van der Waals surface area contributed by atoms with Gasteiger partial charge in [0, 0.05) is 42.5 Å². The van der Waals surface area contributed by atoms with Crippen molar-refractivity contribution in [3.63, 3.8) is 0 Å². The number of pyridine rings is 1. The fraction of sp³-hybridized carbons (Fsp3) is 0.387. The zero-order valence-electron chi connectivity index (χ0n) is 24.3. The highest BCUT2D eigenvalue weighted by Crippen LogP contribution is 2.37. The molecule has 0 unspecified atom stereocenters. The number of aromatic nitrogens is 3. The van der Waals surface area contributed by atoms with Gasteiger partial charge in [-0.15, -0.1) is 0 Å². The average molecular weight is 543 g/mol. The molecule has 0 saturated carbocycles. The molecule has 1 saturated heterocycles. The number of rotatable bonds is 7. The van der Waals surface area contributed by atoms with Gasteiger partial charge in [-0.1, -0.05) is 12.1 Å². The van der Waals surface area contributed by atoms with Crippen molar-refractivity contribution < 1.29 is 14.3 Å². The molecule has 40 heavy (non-hydrogen) atoms. The van der Waals surface area contributed by atoms with Crippen LogP contribution in [0.1, 0.15) is 51.0 Å². The van der Waals surface area contributed by atoms with E-state index in [4.69, 9.17) is 14.5 Å². The molecule has 1 aliphatic rings. The average Bonchev–Trinajstić information content (AvgIpc) is 3.21. The first kappa shape index (κ1) is 27.5. The molecule has 2 N–H and O–H groups in total. The predicted molar refractivity (Wildman–Crippen MR) is 158 cm³/mol. The van der Waals surface area contributed by atoms with Crippen LogP contribution in [0.2, 0.25) is 0 Å². The summed E-state index contributed by atoms with van der Waals surface area (Å²) in [7, 11) is 5.75. The van der Waals surface area contributed by atoms with Crippen LogP contribution < -0.4 is 20.1 Å². The molecule has 2 aromatic heterocycles. The molecule has 0 aliphatic carbocycles. The monoisotopic (exact) mass is 542 g/mol. The number of amides is 1. The van der Waals surface area contributed by atoms with Crippen LogP contribution in [0.25, 0.3) is 11.0 Å². The Hall–Kier alpha value is -4.11. The molecule has 0 spiro atoms. The van der Waals surface area contributed by atoms with Gasteiger partial charge in [0.15, 0.2) is 0 Å². The number of nitrogens with one attached hydrogen (secondary N) is 2. The van der Waals surface area contributed by atoms with Crippen LogP contribution in [0.4, 0.5) is 11.6 Å². The lowest BCUT2D eigenvalue weighted by Crippen LogP contribution is -2.62. The molecular formula is C31H38N6O3. The zero-order valence-corrected chi connectivity index (χ0v) is 24.3. The number of aryl methyl sites for hydroxylation is 1. The largest absolute Gasteiger partial charge is 0.495 e. The second kappa shape index (κ2) is 10.5. The summed E-state index contributed by atoms with van der Waals surface area (Å²) in [4.78, 5) is 24.6. The first-order valence-corrected chi connectivity index (χ1v) is 13.5. The number of imidazole rings is 1. The maximum atomic E-state index is 13.2.